The number of rotatable bonds is 6. The third-order valence-corrected chi connectivity index (χ3v) is 5.79. The molecule has 0 bridgehead atoms. The quantitative estimate of drug-likeness (QED) is 0.537. The first-order valence-electron chi connectivity index (χ1n) is 10.1. The molecular formula is C22H23F5N2O5. The lowest BCUT2D eigenvalue weighted by Crippen LogP contribution is -2.43. The number of anilines is 1. The second-order valence-electron chi connectivity index (χ2n) is 8.41. The summed E-state index contributed by atoms with van der Waals surface area (Å²) in [7, 11) is 1.03. The molecule has 1 aromatic carbocycles. The molecule has 1 amide bonds. The van der Waals surface area contributed by atoms with Gasteiger partial charge in [-0.2, -0.15) is 17.6 Å². The number of benzene rings is 1. The lowest BCUT2D eigenvalue weighted by Gasteiger charge is -2.27. The molecule has 1 fully saturated rings. The minimum absolute atomic E-state index is 0.000838. The van der Waals surface area contributed by atoms with Gasteiger partial charge in [0, 0.05) is 23.4 Å². The van der Waals surface area contributed by atoms with Gasteiger partial charge in [0.15, 0.2) is 17.2 Å². The van der Waals surface area contributed by atoms with Crippen LogP contribution in [0, 0.1) is 11.6 Å². The summed E-state index contributed by atoms with van der Waals surface area (Å²) in [6, 6.07) is 4.34. The second-order valence-corrected chi connectivity index (χ2v) is 8.41. The third kappa shape index (κ3) is 4.70. The standard InChI is InChI=1S/C22H23F5N2O5/c1-20(32,10-30)15-8-11(6-7-28-15)29-19(31)18-13(9-21(2,34-18)22(25,26)27)12-4-5-14(23)16(24)17(12)33-3/h4-8,13,18,30,32H,9-10H2,1-3H3,(H,28,29,31)/t13-,18+,20?,21+/m0/s1. The summed E-state index contributed by atoms with van der Waals surface area (Å²) in [6.07, 6.45) is -6.15. The highest BCUT2D eigenvalue weighted by Gasteiger charge is 2.61. The van der Waals surface area contributed by atoms with Crippen molar-refractivity contribution in [2.24, 2.45) is 0 Å². The van der Waals surface area contributed by atoms with Crippen molar-refractivity contribution in [2.45, 2.75) is 49.7 Å². The van der Waals surface area contributed by atoms with Crippen LogP contribution < -0.4 is 10.1 Å². The summed E-state index contributed by atoms with van der Waals surface area (Å²) < 4.78 is 79.4. The van der Waals surface area contributed by atoms with Crippen LogP contribution in [0.3, 0.4) is 0 Å². The van der Waals surface area contributed by atoms with E-state index in [-0.39, 0.29) is 16.9 Å². The van der Waals surface area contributed by atoms with Gasteiger partial charge < -0.3 is 25.0 Å². The topological polar surface area (TPSA) is 101 Å². The van der Waals surface area contributed by atoms with Crippen LogP contribution in [0.1, 0.15) is 37.4 Å². The number of amides is 1. The van der Waals surface area contributed by atoms with Gasteiger partial charge in [-0.3, -0.25) is 9.78 Å². The lowest BCUT2D eigenvalue weighted by molar-refractivity contribution is -0.261. The first-order valence-corrected chi connectivity index (χ1v) is 10.1. The Balaban J connectivity index is 2.00. The molecule has 3 N–H and O–H groups in total. The van der Waals surface area contributed by atoms with Crippen LogP contribution in [0.25, 0.3) is 0 Å². The number of methoxy groups -OCH3 is 1. The molecule has 186 valence electrons. The fraction of sp³-hybridized carbons (Fsp3) is 0.455. The van der Waals surface area contributed by atoms with Crippen molar-refractivity contribution in [2.75, 3.05) is 19.0 Å². The summed E-state index contributed by atoms with van der Waals surface area (Å²) in [6.45, 7) is 1.37. The normalized spacial score (nSPS) is 24.5. The number of aliphatic hydroxyl groups is 2. The molecule has 4 atom stereocenters. The molecule has 1 aromatic heterocycles. The maximum Gasteiger partial charge on any atom is 0.417 e. The molecular weight excluding hydrogens is 467 g/mol. The van der Waals surface area contributed by atoms with E-state index in [1.807, 2.05) is 0 Å². The highest BCUT2D eigenvalue weighted by Crippen LogP contribution is 2.51. The Hall–Kier alpha value is -2.83. The molecule has 0 saturated carbocycles. The highest BCUT2D eigenvalue weighted by atomic mass is 19.4. The van der Waals surface area contributed by atoms with E-state index in [2.05, 4.69) is 10.3 Å². The number of alkyl halides is 3. The zero-order valence-corrected chi connectivity index (χ0v) is 18.4. The van der Waals surface area contributed by atoms with Crippen LogP contribution in [0.5, 0.6) is 5.75 Å². The van der Waals surface area contributed by atoms with Crippen molar-refractivity contribution < 1.29 is 46.4 Å². The third-order valence-electron chi connectivity index (χ3n) is 5.79. The van der Waals surface area contributed by atoms with Crippen LogP contribution in [-0.2, 0) is 15.1 Å². The van der Waals surface area contributed by atoms with Gasteiger partial charge in [0.1, 0.15) is 11.7 Å². The largest absolute Gasteiger partial charge is 0.493 e. The van der Waals surface area contributed by atoms with Crippen molar-refractivity contribution in [1.82, 2.24) is 4.98 Å². The highest BCUT2D eigenvalue weighted by molar-refractivity contribution is 5.95. The van der Waals surface area contributed by atoms with E-state index in [0.29, 0.717) is 0 Å². The number of nitrogens with zero attached hydrogens (tertiary/aromatic N) is 1. The van der Waals surface area contributed by atoms with Gasteiger partial charge in [-0.05, 0) is 38.5 Å². The minimum Gasteiger partial charge on any atom is -0.493 e. The molecule has 0 aliphatic carbocycles. The van der Waals surface area contributed by atoms with Crippen LogP contribution in [-0.4, -0.2) is 52.7 Å². The monoisotopic (exact) mass is 490 g/mol. The molecule has 3 rings (SSSR count). The van der Waals surface area contributed by atoms with Gasteiger partial charge in [0.2, 0.25) is 5.82 Å². The smallest absolute Gasteiger partial charge is 0.417 e. The molecule has 1 aliphatic rings. The summed E-state index contributed by atoms with van der Waals surface area (Å²) in [5.74, 6) is -5.61. The van der Waals surface area contributed by atoms with Crippen molar-refractivity contribution in [1.29, 1.82) is 0 Å². The number of carbonyl (C=O) groups is 1. The maximum atomic E-state index is 14.3. The summed E-state index contributed by atoms with van der Waals surface area (Å²) in [5.41, 5.74) is -4.59. The Bertz CT molecular complexity index is 1080. The zero-order chi connectivity index (χ0) is 25.5. The second kappa shape index (κ2) is 9.08. The van der Waals surface area contributed by atoms with Crippen LogP contribution in [0.15, 0.2) is 30.5 Å². The van der Waals surface area contributed by atoms with E-state index < -0.39 is 65.7 Å². The Morgan fingerprint density at radius 1 is 1.32 bits per heavy atom. The predicted octanol–water partition coefficient (Wildman–Crippen LogP) is 3.40. The summed E-state index contributed by atoms with van der Waals surface area (Å²) >= 11 is 0. The van der Waals surface area contributed by atoms with Crippen molar-refractivity contribution in [3.8, 4) is 5.75 Å². The Labute approximate surface area is 191 Å². The summed E-state index contributed by atoms with van der Waals surface area (Å²) in [5, 5.41) is 21.9. The van der Waals surface area contributed by atoms with E-state index >= 15 is 0 Å². The Morgan fingerprint density at radius 2 is 2.00 bits per heavy atom. The van der Waals surface area contributed by atoms with Gasteiger partial charge in [-0.25, -0.2) is 4.39 Å². The SMILES string of the molecule is COc1c([C@@H]2C[C@](C)(C(F)(F)F)O[C@H]2C(=O)Nc2ccnc(C(C)(O)CO)c2)ccc(F)c1F. The van der Waals surface area contributed by atoms with Crippen LogP contribution in [0.4, 0.5) is 27.6 Å². The fourth-order valence-electron chi connectivity index (χ4n) is 3.77. The van der Waals surface area contributed by atoms with Gasteiger partial charge in [0.25, 0.3) is 5.91 Å². The van der Waals surface area contributed by atoms with Crippen molar-refractivity contribution in [3.05, 3.63) is 53.4 Å². The van der Waals surface area contributed by atoms with E-state index in [9.17, 15) is 37.0 Å². The van der Waals surface area contributed by atoms with Gasteiger partial charge in [-0.1, -0.05) is 6.07 Å². The predicted molar refractivity (Wildman–Crippen MR) is 109 cm³/mol. The number of pyridine rings is 1. The molecule has 1 aliphatic heterocycles. The summed E-state index contributed by atoms with van der Waals surface area (Å²) in [4.78, 5) is 17.0. The lowest BCUT2D eigenvalue weighted by atomic mass is 9.85. The minimum atomic E-state index is -4.87. The average molecular weight is 490 g/mol. The van der Waals surface area contributed by atoms with Crippen LogP contribution in [0.2, 0.25) is 0 Å². The number of nitrogens with one attached hydrogen (secondary N) is 1. The molecule has 34 heavy (non-hydrogen) atoms. The number of carbonyl (C=O) groups excluding carboxylic acids is 1. The molecule has 12 heteroatoms. The number of halogens is 5. The molecule has 1 unspecified atom stereocenters. The van der Waals surface area contributed by atoms with E-state index in [4.69, 9.17) is 9.47 Å². The maximum absolute atomic E-state index is 14.3. The number of aliphatic hydroxyl groups excluding tert-OH is 1. The molecule has 1 saturated heterocycles. The molecule has 2 heterocycles. The van der Waals surface area contributed by atoms with Crippen molar-refractivity contribution in [3.63, 3.8) is 0 Å². The zero-order valence-electron chi connectivity index (χ0n) is 18.4. The van der Waals surface area contributed by atoms with Crippen LogP contribution >= 0.6 is 0 Å². The van der Waals surface area contributed by atoms with Gasteiger partial charge in [-0.15, -0.1) is 0 Å². The van der Waals surface area contributed by atoms with Gasteiger partial charge in [0.05, 0.1) is 19.4 Å². The van der Waals surface area contributed by atoms with E-state index in [0.717, 1.165) is 26.2 Å². The molecule has 0 radical (unpaired) electrons. The molecule has 7 nitrogen and oxygen atoms in total. The average Bonchev–Trinajstić information content (AvgIpc) is 3.14. The Morgan fingerprint density at radius 3 is 2.59 bits per heavy atom. The number of aromatic nitrogens is 1. The van der Waals surface area contributed by atoms with Crippen molar-refractivity contribution >= 4 is 11.6 Å². The van der Waals surface area contributed by atoms with E-state index in [1.54, 1.807) is 0 Å². The number of hydrogen-bond acceptors (Lipinski definition) is 6. The number of ether oxygens (including phenoxy) is 2. The first-order chi connectivity index (χ1) is 15.7. The fourth-order valence-corrected chi connectivity index (χ4v) is 3.77. The molecule has 2 aromatic rings. The number of hydrogen-bond donors (Lipinski definition) is 3. The molecule has 0 spiro atoms. The van der Waals surface area contributed by atoms with Gasteiger partial charge >= 0.3 is 6.18 Å². The first kappa shape index (κ1) is 25.8. The van der Waals surface area contributed by atoms with E-state index in [1.165, 1.54) is 25.3 Å². The Kier molecular flexibility index (Phi) is 6.89.